The number of benzene rings is 1. The van der Waals surface area contributed by atoms with E-state index in [1.807, 2.05) is 24.3 Å². The first-order valence-corrected chi connectivity index (χ1v) is 6.41. The van der Waals surface area contributed by atoms with Gasteiger partial charge in [0.1, 0.15) is 5.41 Å². The van der Waals surface area contributed by atoms with Crippen LogP contribution in [0.4, 0.5) is 5.69 Å². The lowest BCUT2D eigenvalue weighted by molar-refractivity contribution is -0.147. The first-order valence-electron chi connectivity index (χ1n) is 6.41. The molecule has 0 saturated heterocycles. The van der Waals surface area contributed by atoms with Gasteiger partial charge in [-0.05, 0) is 36.0 Å². The summed E-state index contributed by atoms with van der Waals surface area (Å²) in [6.45, 7) is 6.35. The average Bonchev–Trinajstić information content (AvgIpc) is 3.09. The Morgan fingerprint density at radius 1 is 1.16 bits per heavy atom. The molecule has 0 heterocycles. The lowest BCUT2D eigenvalue weighted by Crippen LogP contribution is -2.31. The minimum absolute atomic E-state index is 0.0569. The Kier molecular flexibility index (Phi) is 3.12. The van der Waals surface area contributed by atoms with E-state index in [0.717, 1.165) is 0 Å². The molecular weight excluding hydrogens is 242 g/mol. The number of rotatable bonds is 3. The van der Waals surface area contributed by atoms with Gasteiger partial charge in [0.05, 0.1) is 0 Å². The molecule has 4 heteroatoms. The highest BCUT2D eigenvalue weighted by atomic mass is 16.4. The van der Waals surface area contributed by atoms with Crippen molar-refractivity contribution < 1.29 is 14.7 Å². The highest BCUT2D eigenvalue weighted by Gasteiger charge is 2.57. The fourth-order valence-corrected chi connectivity index (χ4v) is 1.97. The van der Waals surface area contributed by atoms with E-state index in [-0.39, 0.29) is 5.41 Å². The molecule has 0 spiro atoms. The molecule has 1 fully saturated rings. The highest BCUT2D eigenvalue weighted by Crippen LogP contribution is 2.46. The largest absolute Gasteiger partial charge is 0.480 e. The summed E-state index contributed by atoms with van der Waals surface area (Å²) in [6, 6.07) is 7.54. The summed E-state index contributed by atoms with van der Waals surface area (Å²) in [6.07, 6.45) is 0.850. The van der Waals surface area contributed by atoms with Crippen molar-refractivity contribution in [1.82, 2.24) is 0 Å². The standard InChI is InChI=1S/C15H19NO3/c1-14(2,3)10-4-6-11(7-5-10)16-12(17)15(8-9-15)13(18)19/h4-7H,8-9H2,1-3H3,(H,16,17)(H,18,19). The average molecular weight is 261 g/mol. The van der Waals surface area contributed by atoms with Crippen LogP contribution < -0.4 is 5.32 Å². The first-order chi connectivity index (χ1) is 8.75. The van der Waals surface area contributed by atoms with Crippen LogP contribution in [0.5, 0.6) is 0 Å². The summed E-state index contributed by atoms with van der Waals surface area (Å²) in [5.74, 6) is -1.44. The molecule has 1 aromatic rings. The molecule has 1 saturated carbocycles. The van der Waals surface area contributed by atoms with Gasteiger partial charge in [-0.25, -0.2) is 0 Å². The Balaban J connectivity index is 2.09. The van der Waals surface area contributed by atoms with E-state index in [9.17, 15) is 9.59 Å². The highest BCUT2D eigenvalue weighted by molar-refractivity contribution is 6.10. The van der Waals surface area contributed by atoms with E-state index in [4.69, 9.17) is 5.11 Å². The van der Waals surface area contributed by atoms with Crippen LogP contribution in [0.2, 0.25) is 0 Å². The number of carbonyl (C=O) groups excluding carboxylic acids is 1. The van der Waals surface area contributed by atoms with Crippen LogP contribution in [0.1, 0.15) is 39.2 Å². The normalized spacial score (nSPS) is 16.8. The van der Waals surface area contributed by atoms with Gasteiger partial charge in [-0.3, -0.25) is 9.59 Å². The number of amides is 1. The van der Waals surface area contributed by atoms with Gasteiger partial charge < -0.3 is 10.4 Å². The maximum atomic E-state index is 11.9. The molecule has 19 heavy (non-hydrogen) atoms. The van der Waals surface area contributed by atoms with Crippen LogP contribution >= 0.6 is 0 Å². The quantitative estimate of drug-likeness (QED) is 0.822. The molecule has 2 rings (SSSR count). The van der Waals surface area contributed by atoms with Crippen LogP contribution in [0.15, 0.2) is 24.3 Å². The summed E-state index contributed by atoms with van der Waals surface area (Å²) in [7, 11) is 0. The Hall–Kier alpha value is -1.84. The number of aliphatic carboxylic acids is 1. The van der Waals surface area contributed by atoms with Crippen molar-refractivity contribution in [2.24, 2.45) is 5.41 Å². The summed E-state index contributed by atoms with van der Waals surface area (Å²) in [5.41, 5.74) is 0.680. The van der Waals surface area contributed by atoms with Crippen LogP contribution in [-0.2, 0) is 15.0 Å². The third-order valence-corrected chi connectivity index (χ3v) is 3.60. The predicted octanol–water partition coefficient (Wildman–Crippen LogP) is 2.79. The number of anilines is 1. The van der Waals surface area contributed by atoms with Crippen molar-refractivity contribution in [3.8, 4) is 0 Å². The van der Waals surface area contributed by atoms with E-state index in [1.165, 1.54) is 5.56 Å². The second kappa shape index (κ2) is 4.37. The zero-order valence-corrected chi connectivity index (χ0v) is 11.5. The van der Waals surface area contributed by atoms with Crippen molar-refractivity contribution in [2.75, 3.05) is 5.32 Å². The van der Waals surface area contributed by atoms with E-state index in [2.05, 4.69) is 26.1 Å². The molecule has 1 aliphatic rings. The molecule has 1 aliphatic carbocycles. The lowest BCUT2D eigenvalue weighted by Gasteiger charge is -2.19. The van der Waals surface area contributed by atoms with Crippen molar-refractivity contribution in [3.05, 3.63) is 29.8 Å². The Morgan fingerprint density at radius 3 is 2.05 bits per heavy atom. The van der Waals surface area contributed by atoms with Gasteiger partial charge in [0.15, 0.2) is 0 Å². The van der Waals surface area contributed by atoms with Crippen molar-refractivity contribution >= 4 is 17.6 Å². The molecule has 1 aromatic carbocycles. The SMILES string of the molecule is CC(C)(C)c1ccc(NC(=O)C2(C(=O)O)CC2)cc1. The third kappa shape index (κ3) is 2.62. The van der Waals surface area contributed by atoms with E-state index in [0.29, 0.717) is 18.5 Å². The molecule has 1 amide bonds. The second-order valence-corrected chi connectivity index (χ2v) is 6.17. The summed E-state index contributed by atoms with van der Waals surface area (Å²) >= 11 is 0. The van der Waals surface area contributed by atoms with Crippen LogP contribution in [0.25, 0.3) is 0 Å². The maximum absolute atomic E-state index is 11.9. The number of hydrogen-bond donors (Lipinski definition) is 2. The van der Waals surface area contributed by atoms with Gasteiger partial charge in [0.2, 0.25) is 5.91 Å². The molecule has 2 N–H and O–H groups in total. The summed E-state index contributed by atoms with van der Waals surface area (Å²) < 4.78 is 0. The van der Waals surface area contributed by atoms with E-state index >= 15 is 0 Å². The van der Waals surface area contributed by atoms with Gasteiger partial charge in [0, 0.05) is 5.69 Å². The van der Waals surface area contributed by atoms with Crippen LogP contribution in [-0.4, -0.2) is 17.0 Å². The summed E-state index contributed by atoms with van der Waals surface area (Å²) in [5, 5.41) is 11.7. The number of hydrogen-bond acceptors (Lipinski definition) is 2. The van der Waals surface area contributed by atoms with Gasteiger partial charge in [-0.2, -0.15) is 0 Å². The molecule has 0 aliphatic heterocycles. The molecule has 0 atom stereocenters. The zero-order chi connectivity index (χ0) is 14.3. The van der Waals surface area contributed by atoms with Crippen molar-refractivity contribution in [1.29, 1.82) is 0 Å². The number of nitrogens with one attached hydrogen (secondary N) is 1. The number of carboxylic acid groups (broad SMARTS) is 1. The van der Waals surface area contributed by atoms with Crippen molar-refractivity contribution in [3.63, 3.8) is 0 Å². The van der Waals surface area contributed by atoms with E-state index < -0.39 is 17.3 Å². The van der Waals surface area contributed by atoms with Gasteiger partial charge in [-0.1, -0.05) is 32.9 Å². The van der Waals surface area contributed by atoms with Crippen molar-refractivity contribution in [2.45, 2.75) is 39.0 Å². The number of carbonyl (C=O) groups is 2. The topological polar surface area (TPSA) is 66.4 Å². The minimum atomic E-state index is -1.19. The van der Waals surface area contributed by atoms with Gasteiger partial charge in [0.25, 0.3) is 0 Å². The second-order valence-electron chi connectivity index (χ2n) is 6.17. The molecule has 4 nitrogen and oxygen atoms in total. The Bertz CT molecular complexity index is 507. The fourth-order valence-electron chi connectivity index (χ4n) is 1.97. The minimum Gasteiger partial charge on any atom is -0.480 e. The maximum Gasteiger partial charge on any atom is 0.319 e. The Labute approximate surface area is 112 Å². The van der Waals surface area contributed by atoms with Crippen LogP contribution in [0.3, 0.4) is 0 Å². The first kappa shape index (κ1) is 13.6. The van der Waals surface area contributed by atoms with E-state index in [1.54, 1.807) is 0 Å². The summed E-state index contributed by atoms with van der Waals surface area (Å²) in [4.78, 5) is 23.0. The van der Waals surface area contributed by atoms with Crippen LogP contribution in [0, 0.1) is 5.41 Å². The lowest BCUT2D eigenvalue weighted by atomic mass is 9.87. The van der Waals surface area contributed by atoms with Gasteiger partial charge >= 0.3 is 5.97 Å². The third-order valence-electron chi connectivity index (χ3n) is 3.60. The smallest absolute Gasteiger partial charge is 0.319 e. The molecule has 0 radical (unpaired) electrons. The van der Waals surface area contributed by atoms with Gasteiger partial charge in [-0.15, -0.1) is 0 Å². The Morgan fingerprint density at radius 2 is 1.68 bits per heavy atom. The molecule has 102 valence electrons. The fraction of sp³-hybridized carbons (Fsp3) is 0.467. The molecule has 0 aromatic heterocycles. The monoisotopic (exact) mass is 261 g/mol. The predicted molar refractivity (Wildman–Crippen MR) is 73.1 cm³/mol. The molecular formula is C15H19NO3. The molecule has 0 bridgehead atoms. The molecule has 0 unspecified atom stereocenters. The number of carboxylic acids is 1. The zero-order valence-electron chi connectivity index (χ0n) is 11.5.